The van der Waals surface area contributed by atoms with E-state index in [1.165, 1.54) is 11.8 Å². The fourth-order valence-electron chi connectivity index (χ4n) is 4.83. The Kier molecular flexibility index (Phi) is 10.6. The molecule has 1 aliphatic heterocycles. The summed E-state index contributed by atoms with van der Waals surface area (Å²) in [4.78, 5) is 40.5. The molecule has 1 aliphatic rings. The Bertz CT molecular complexity index is 1970. The summed E-state index contributed by atoms with van der Waals surface area (Å²) < 4.78 is 16.6. The second-order valence-corrected chi connectivity index (χ2v) is 12.4. The minimum absolute atomic E-state index is 0.0568. The second-order valence-electron chi connectivity index (χ2n) is 11.0. The van der Waals surface area contributed by atoms with Gasteiger partial charge in [0.2, 0.25) is 12.7 Å². The van der Waals surface area contributed by atoms with Crippen molar-refractivity contribution in [2.75, 3.05) is 17.4 Å². The molecule has 246 valence electrons. The number of benzene rings is 5. The lowest BCUT2D eigenvalue weighted by atomic mass is 10.1. The molecule has 0 fully saturated rings. The number of carbonyl (C=O) groups excluding carboxylic acids is 3. The summed E-state index contributed by atoms with van der Waals surface area (Å²) in [6.07, 6.45) is 1.61. The van der Waals surface area contributed by atoms with Gasteiger partial charge in [-0.2, -0.15) is 0 Å². The summed E-state index contributed by atoms with van der Waals surface area (Å²) in [7, 11) is 0. The Morgan fingerprint density at radius 2 is 1.49 bits per heavy atom. The van der Waals surface area contributed by atoms with Crippen LogP contribution in [0, 0.1) is 0 Å². The van der Waals surface area contributed by atoms with Crippen LogP contribution in [0.3, 0.4) is 0 Å². The van der Waals surface area contributed by atoms with Crippen molar-refractivity contribution >= 4 is 46.9 Å². The predicted octanol–water partition coefficient (Wildman–Crippen LogP) is 7.52. The van der Waals surface area contributed by atoms with Crippen LogP contribution in [-0.2, 0) is 16.2 Å². The highest BCUT2D eigenvalue weighted by Gasteiger charge is 2.19. The van der Waals surface area contributed by atoms with E-state index in [1.807, 2.05) is 66.7 Å². The third-order valence-corrected chi connectivity index (χ3v) is 8.48. The van der Waals surface area contributed by atoms with Crippen molar-refractivity contribution < 1.29 is 28.6 Å². The molecule has 0 saturated carbocycles. The van der Waals surface area contributed by atoms with E-state index in [0.29, 0.717) is 46.4 Å². The third-order valence-electron chi connectivity index (χ3n) is 7.38. The first kappa shape index (κ1) is 32.9. The van der Waals surface area contributed by atoms with Crippen molar-refractivity contribution in [3.05, 3.63) is 150 Å². The van der Waals surface area contributed by atoms with Crippen molar-refractivity contribution in [2.24, 2.45) is 0 Å². The molecule has 1 heterocycles. The zero-order chi connectivity index (χ0) is 34.0. The molecule has 0 saturated heterocycles. The average Bonchev–Trinajstić information content (AvgIpc) is 3.60. The molecule has 49 heavy (non-hydrogen) atoms. The van der Waals surface area contributed by atoms with Crippen LogP contribution in [0.15, 0.2) is 138 Å². The molecule has 3 N–H and O–H groups in total. The molecule has 3 amide bonds. The second kappa shape index (κ2) is 15.7. The van der Waals surface area contributed by atoms with Crippen LogP contribution < -0.4 is 30.2 Å². The smallest absolute Gasteiger partial charge is 0.272 e. The molecule has 1 atom stereocenters. The van der Waals surface area contributed by atoms with E-state index >= 15 is 0 Å². The maximum absolute atomic E-state index is 13.6. The van der Waals surface area contributed by atoms with Crippen molar-refractivity contribution in [2.45, 2.75) is 23.7 Å². The number of ether oxygens (including phenoxy) is 3. The van der Waals surface area contributed by atoms with Crippen LogP contribution in [0.4, 0.5) is 11.4 Å². The normalized spacial score (nSPS) is 12.5. The van der Waals surface area contributed by atoms with Crippen molar-refractivity contribution in [3.8, 4) is 17.2 Å². The Balaban J connectivity index is 1.13. The number of anilines is 2. The van der Waals surface area contributed by atoms with Gasteiger partial charge in [0.05, 0.1) is 5.25 Å². The molecule has 0 aliphatic carbocycles. The molecule has 0 aromatic heterocycles. The highest BCUT2D eigenvalue weighted by Crippen LogP contribution is 2.35. The van der Waals surface area contributed by atoms with Crippen LogP contribution in [0.2, 0.25) is 0 Å². The van der Waals surface area contributed by atoms with E-state index in [4.69, 9.17) is 14.2 Å². The SMILES string of the molecule is CC(Sc1cccc(NC(=O)/C(=C/c2ccc(OCc3ccccc3)cc2)NC(=O)c2ccccc2)c1)C(=O)Nc1ccc2c(c1)OCO2. The maximum Gasteiger partial charge on any atom is 0.272 e. The molecular formula is C39H33N3O6S. The Labute approximate surface area is 288 Å². The van der Waals surface area contributed by atoms with Gasteiger partial charge in [0, 0.05) is 27.9 Å². The summed E-state index contributed by atoms with van der Waals surface area (Å²) in [6, 6.07) is 38.2. The van der Waals surface area contributed by atoms with Crippen LogP contribution in [0.5, 0.6) is 17.2 Å². The number of thioether (sulfide) groups is 1. The van der Waals surface area contributed by atoms with E-state index in [2.05, 4.69) is 16.0 Å². The molecule has 5 aromatic carbocycles. The minimum Gasteiger partial charge on any atom is -0.489 e. The number of carbonyl (C=O) groups is 3. The maximum atomic E-state index is 13.6. The largest absolute Gasteiger partial charge is 0.489 e. The molecule has 6 rings (SSSR count). The monoisotopic (exact) mass is 671 g/mol. The number of hydrogen-bond acceptors (Lipinski definition) is 7. The van der Waals surface area contributed by atoms with Gasteiger partial charge in [-0.1, -0.05) is 66.7 Å². The van der Waals surface area contributed by atoms with Crippen molar-refractivity contribution in [1.29, 1.82) is 0 Å². The standard InChI is InChI=1S/C39H33N3O6S/c1-26(37(43)40-31-17-20-35-36(23-31)48-25-47-35)49-33-14-8-13-30(22-33)41-39(45)34(42-38(44)29-11-6-3-7-12-29)21-27-15-18-32(19-16-27)46-24-28-9-4-2-5-10-28/h2-23,26H,24-25H2,1H3,(H,40,43)(H,41,45)(H,42,44)/b34-21-. The zero-order valence-electron chi connectivity index (χ0n) is 26.6. The molecule has 10 heteroatoms. The number of rotatable bonds is 12. The first-order valence-corrected chi connectivity index (χ1v) is 16.4. The van der Waals surface area contributed by atoms with Crippen LogP contribution in [-0.4, -0.2) is 29.8 Å². The first-order valence-electron chi connectivity index (χ1n) is 15.5. The highest BCUT2D eigenvalue weighted by atomic mass is 32.2. The van der Waals surface area contributed by atoms with E-state index in [0.717, 1.165) is 10.5 Å². The molecule has 0 bridgehead atoms. The number of amides is 3. The Morgan fingerprint density at radius 1 is 0.776 bits per heavy atom. The van der Waals surface area contributed by atoms with Gasteiger partial charge in [0.25, 0.3) is 11.8 Å². The van der Waals surface area contributed by atoms with Gasteiger partial charge in [0.1, 0.15) is 18.1 Å². The van der Waals surface area contributed by atoms with Gasteiger partial charge in [-0.15, -0.1) is 11.8 Å². The molecular weight excluding hydrogens is 639 g/mol. The topological polar surface area (TPSA) is 115 Å². The minimum atomic E-state index is -0.510. The van der Waals surface area contributed by atoms with E-state index < -0.39 is 17.1 Å². The quantitative estimate of drug-likeness (QED) is 0.0929. The number of fused-ring (bicyclic) bond motifs is 1. The molecule has 9 nitrogen and oxygen atoms in total. The Hall–Kier alpha value is -6.00. The molecule has 5 aromatic rings. The lowest BCUT2D eigenvalue weighted by Gasteiger charge is -2.14. The molecule has 1 unspecified atom stereocenters. The fourth-order valence-corrected chi connectivity index (χ4v) is 5.76. The lowest BCUT2D eigenvalue weighted by Crippen LogP contribution is -2.30. The van der Waals surface area contributed by atoms with E-state index in [1.54, 1.807) is 73.7 Å². The van der Waals surface area contributed by atoms with Crippen molar-refractivity contribution in [1.82, 2.24) is 5.32 Å². The van der Waals surface area contributed by atoms with E-state index in [-0.39, 0.29) is 18.4 Å². The summed E-state index contributed by atoms with van der Waals surface area (Å²) in [5, 5.41) is 8.11. The molecule has 0 spiro atoms. The van der Waals surface area contributed by atoms with Gasteiger partial charge < -0.3 is 30.2 Å². The van der Waals surface area contributed by atoms with Gasteiger partial charge >= 0.3 is 0 Å². The van der Waals surface area contributed by atoms with Gasteiger partial charge in [-0.05, 0) is 78.7 Å². The Morgan fingerprint density at radius 3 is 2.27 bits per heavy atom. The van der Waals surface area contributed by atoms with Crippen LogP contribution in [0.1, 0.15) is 28.4 Å². The lowest BCUT2D eigenvalue weighted by molar-refractivity contribution is -0.115. The summed E-state index contributed by atoms with van der Waals surface area (Å²) in [5.74, 6) is 0.775. The van der Waals surface area contributed by atoms with Crippen LogP contribution in [0.25, 0.3) is 6.08 Å². The fraction of sp³-hybridized carbons (Fsp3) is 0.103. The average molecular weight is 672 g/mol. The number of nitrogens with one attached hydrogen (secondary N) is 3. The summed E-state index contributed by atoms with van der Waals surface area (Å²) in [5.41, 5.74) is 3.32. The molecule has 0 radical (unpaired) electrons. The predicted molar refractivity (Wildman–Crippen MR) is 191 cm³/mol. The zero-order valence-corrected chi connectivity index (χ0v) is 27.4. The van der Waals surface area contributed by atoms with Gasteiger partial charge in [0.15, 0.2) is 11.5 Å². The summed E-state index contributed by atoms with van der Waals surface area (Å²) in [6.45, 7) is 2.38. The summed E-state index contributed by atoms with van der Waals surface area (Å²) >= 11 is 1.34. The number of hydrogen-bond donors (Lipinski definition) is 3. The van der Waals surface area contributed by atoms with Gasteiger partial charge in [-0.25, -0.2) is 0 Å². The third kappa shape index (κ3) is 9.09. The first-order chi connectivity index (χ1) is 23.9. The highest BCUT2D eigenvalue weighted by molar-refractivity contribution is 8.00. The van der Waals surface area contributed by atoms with Crippen molar-refractivity contribution in [3.63, 3.8) is 0 Å². The van der Waals surface area contributed by atoms with Crippen LogP contribution >= 0.6 is 11.8 Å². The van der Waals surface area contributed by atoms with E-state index in [9.17, 15) is 14.4 Å². The van der Waals surface area contributed by atoms with Gasteiger partial charge in [-0.3, -0.25) is 14.4 Å².